The summed E-state index contributed by atoms with van der Waals surface area (Å²) in [6.45, 7) is 3.88. The van der Waals surface area contributed by atoms with Gasteiger partial charge in [0.1, 0.15) is 5.76 Å². The van der Waals surface area contributed by atoms with Gasteiger partial charge in [0.15, 0.2) is 5.76 Å². The molecule has 2 aromatic rings. The number of nitrogens with zero attached hydrogens (tertiary/aromatic N) is 1. The number of carbonyl (C=O) groups excluding carboxylic acids is 2. The summed E-state index contributed by atoms with van der Waals surface area (Å²) in [5.74, 6) is 0.770. The van der Waals surface area contributed by atoms with Gasteiger partial charge in [-0.15, -0.1) is 0 Å². The van der Waals surface area contributed by atoms with E-state index in [1.807, 2.05) is 26.0 Å². The van der Waals surface area contributed by atoms with Crippen LogP contribution in [0, 0.1) is 13.8 Å². The molecule has 0 radical (unpaired) electrons. The number of rotatable bonds is 4. The number of hydrogen-bond acceptors (Lipinski definition) is 4. The van der Waals surface area contributed by atoms with Crippen LogP contribution in [0.4, 0.5) is 0 Å². The Bertz CT molecular complexity index is 950. The van der Waals surface area contributed by atoms with Crippen LogP contribution in [-0.4, -0.2) is 23.6 Å². The summed E-state index contributed by atoms with van der Waals surface area (Å²) in [5, 5.41) is 7.48. The minimum Gasteiger partial charge on any atom is -0.455 e. The van der Waals surface area contributed by atoms with Crippen LogP contribution in [0.25, 0.3) is 0 Å². The zero-order valence-electron chi connectivity index (χ0n) is 17.0. The Kier molecular flexibility index (Phi) is 5.51. The molecule has 0 bridgehead atoms. The molecule has 6 nitrogen and oxygen atoms in total. The first-order valence-corrected chi connectivity index (χ1v) is 10.4. The monoisotopic (exact) mass is 393 g/mol. The number of carbonyl (C=O) groups is 2. The molecule has 1 saturated carbocycles. The SMILES string of the molecule is Cc1ccc(C(=O)N/N=C2\CCCc3oc(C(=O)NC4CCCC4)c(C)c32)cc1. The van der Waals surface area contributed by atoms with Crippen LogP contribution in [0.1, 0.15) is 81.9 Å². The van der Waals surface area contributed by atoms with Gasteiger partial charge in [0.2, 0.25) is 0 Å². The molecular weight excluding hydrogens is 366 g/mol. The number of hydrogen-bond donors (Lipinski definition) is 2. The molecule has 6 heteroatoms. The lowest BCUT2D eigenvalue weighted by molar-refractivity contribution is 0.0906. The molecular formula is C23H27N3O3. The summed E-state index contributed by atoms with van der Waals surface area (Å²) in [4.78, 5) is 25.1. The van der Waals surface area contributed by atoms with Crippen molar-refractivity contribution in [1.29, 1.82) is 0 Å². The zero-order chi connectivity index (χ0) is 20.4. The van der Waals surface area contributed by atoms with Crippen molar-refractivity contribution in [2.24, 2.45) is 5.10 Å². The van der Waals surface area contributed by atoms with Crippen molar-refractivity contribution in [2.45, 2.75) is 64.8 Å². The highest BCUT2D eigenvalue weighted by molar-refractivity contribution is 6.07. The van der Waals surface area contributed by atoms with Gasteiger partial charge in [-0.1, -0.05) is 30.5 Å². The van der Waals surface area contributed by atoms with Crippen LogP contribution < -0.4 is 10.7 Å². The summed E-state index contributed by atoms with van der Waals surface area (Å²) >= 11 is 0. The average Bonchev–Trinajstić information content (AvgIpc) is 3.35. The second-order valence-electron chi connectivity index (χ2n) is 8.03. The molecule has 1 heterocycles. The molecule has 2 amide bonds. The van der Waals surface area contributed by atoms with E-state index in [2.05, 4.69) is 15.8 Å². The smallest absolute Gasteiger partial charge is 0.287 e. The number of nitrogens with one attached hydrogen (secondary N) is 2. The molecule has 4 rings (SSSR count). The lowest BCUT2D eigenvalue weighted by Crippen LogP contribution is -2.32. The van der Waals surface area contributed by atoms with E-state index in [-0.39, 0.29) is 17.9 Å². The Morgan fingerprint density at radius 2 is 1.72 bits per heavy atom. The van der Waals surface area contributed by atoms with Gasteiger partial charge >= 0.3 is 0 Å². The van der Waals surface area contributed by atoms with Gasteiger partial charge in [-0.2, -0.15) is 5.10 Å². The molecule has 29 heavy (non-hydrogen) atoms. The van der Waals surface area contributed by atoms with Crippen molar-refractivity contribution in [3.8, 4) is 0 Å². The van der Waals surface area contributed by atoms with Gasteiger partial charge in [0, 0.05) is 29.2 Å². The molecule has 1 fully saturated rings. The van der Waals surface area contributed by atoms with Crippen LogP contribution >= 0.6 is 0 Å². The number of aryl methyl sites for hydroxylation is 2. The van der Waals surface area contributed by atoms with E-state index >= 15 is 0 Å². The van der Waals surface area contributed by atoms with Gasteiger partial charge in [-0.25, -0.2) is 5.43 Å². The molecule has 1 aromatic carbocycles. The largest absolute Gasteiger partial charge is 0.455 e. The molecule has 0 spiro atoms. The predicted octanol–water partition coefficient (Wildman–Crippen LogP) is 4.04. The fraction of sp³-hybridized carbons (Fsp3) is 0.435. The van der Waals surface area contributed by atoms with Gasteiger partial charge in [-0.05, 0) is 51.7 Å². The maximum atomic E-state index is 12.7. The first-order chi connectivity index (χ1) is 14.0. The summed E-state index contributed by atoms with van der Waals surface area (Å²) < 4.78 is 5.94. The third-order valence-electron chi connectivity index (χ3n) is 5.83. The van der Waals surface area contributed by atoms with Crippen LogP contribution in [0.3, 0.4) is 0 Å². The summed E-state index contributed by atoms with van der Waals surface area (Å²) in [7, 11) is 0. The Morgan fingerprint density at radius 1 is 1.00 bits per heavy atom. The van der Waals surface area contributed by atoms with Gasteiger partial charge in [0.25, 0.3) is 11.8 Å². The van der Waals surface area contributed by atoms with Crippen LogP contribution in [0.15, 0.2) is 33.8 Å². The highest BCUT2D eigenvalue weighted by atomic mass is 16.4. The maximum Gasteiger partial charge on any atom is 0.287 e. The van der Waals surface area contributed by atoms with Crippen molar-refractivity contribution < 1.29 is 14.0 Å². The number of amides is 2. The van der Waals surface area contributed by atoms with Gasteiger partial charge < -0.3 is 9.73 Å². The quantitative estimate of drug-likeness (QED) is 0.769. The predicted molar refractivity (Wildman–Crippen MR) is 111 cm³/mol. The average molecular weight is 393 g/mol. The molecule has 0 aliphatic heterocycles. The highest BCUT2D eigenvalue weighted by Gasteiger charge is 2.29. The van der Waals surface area contributed by atoms with Gasteiger partial charge in [0.05, 0.1) is 5.71 Å². The van der Waals surface area contributed by atoms with Crippen molar-refractivity contribution >= 4 is 17.5 Å². The summed E-state index contributed by atoms with van der Waals surface area (Å²) in [5.41, 5.74) is 6.77. The van der Waals surface area contributed by atoms with Crippen LogP contribution in [0.2, 0.25) is 0 Å². The maximum absolute atomic E-state index is 12.7. The molecule has 152 valence electrons. The van der Waals surface area contributed by atoms with Crippen molar-refractivity contribution in [2.75, 3.05) is 0 Å². The topological polar surface area (TPSA) is 83.7 Å². The highest BCUT2D eigenvalue weighted by Crippen LogP contribution is 2.30. The van der Waals surface area contributed by atoms with E-state index in [1.165, 1.54) is 0 Å². The Labute approximate surface area is 170 Å². The lowest BCUT2D eigenvalue weighted by atomic mass is 9.93. The second-order valence-corrected chi connectivity index (χ2v) is 8.03. The third-order valence-corrected chi connectivity index (χ3v) is 5.83. The molecule has 2 aliphatic carbocycles. The molecule has 2 N–H and O–H groups in total. The van der Waals surface area contributed by atoms with E-state index in [0.717, 1.165) is 73.1 Å². The fourth-order valence-corrected chi connectivity index (χ4v) is 4.21. The zero-order valence-corrected chi connectivity index (χ0v) is 17.0. The van der Waals surface area contributed by atoms with Crippen molar-refractivity contribution in [3.63, 3.8) is 0 Å². The van der Waals surface area contributed by atoms with E-state index in [9.17, 15) is 9.59 Å². The van der Waals surface area contributed by atoms with E-state index in [4.69, 9.17) is 4.42 Å². The molecule has 0 unspecified atom stereocenters. The molecule has 0 saturated heterocycles. The van der Waals surface area contributed by atoms with Crippen molar-refractivity contribution in [3.05, 3.63) is 58.0 Å². The molecule has 1 aromatic heterocycles. The molecule has 2 aliphatic rings. The Balaban J connectivity index is 1.53. The Hall–Kier alpha value is -2.89. The number of fused-ring (bicyclic) bond motifs is 1. The van der Waals surface area contributed by atoms with Crippen LogP contribution in [-0.2, 0) is 6.42 Å². The summed E-state index contributed by atoms with van der Waals surface area (Å²) in [6.07, 6.45) is 6.78. The van der Waals surface area contributed by atoms with E-state index < -0.39 is 0 Å². The van der Waals surface area contributed by atoms with Crippen LogP contribution in [0.5, 0.6) is 0 Å². The number of hydrazone groups is 1. The van der Waals surface area contributed by atoms with E-state index in [0.29, 0.717) is 11.3 Å². The minimum absolute atomic E-state index is 0.146. The second kappa shape index (κ2) is 8.23. The summed E-state index contributed by atoms with van der Waals surface area (Å²) in [6, 6.07) is 7.61. The minimum atomic E-state index is -0.245. The van der Waals surface area contributed by atoms with Gasteiger partial charge in [-0.3, -0.25) is 9.59 Å². The molecule has 0 atom stereocenters. The number of furan rings is 1. The lowest BCUT2D eigenvalue weighted by Gasteiger charge is -2.13. The first-order valence-electron chi connectivity index (χ1n) is 10.4. The normalized spacial score (nSPS) is 17.9. The van der Waals surface area contributed by atoms with Crippen molar-refractivity contribution in [1.82, 2.24) is 10.7 Å². The third kappa shape index (κ3) is 4.11. The van der Waals surface area contributed by atoms with E-state index in [1.54, 1.807) is 12.1 Å². The first kappa shape index (κ1) is 19.4. The standard InChI is InChI=1S/C23H27N3O3/c1-14-10-12-16(13-11-14)22(27)26-25-18-8-5-9-19-20(18)15(2)21(29-19)23(28)24-17-6-3-4-7-17/h10-13,17H,3-9H2,1-2H3,(H,24,28)(H,26,27)/b25-18+. The Morgan fingerprint density at radius 3 is 2.45 bits per heavy atom. The fourth-order valence-electron chi connectivity index (χ4n) is 4.21. The number of benzene rings is 1.